The SMILES string of the molecule is CCNC(=O)C(C)(COC(=O)[C-](C)C)COC(=O)[C-](C)C.[Y].[Y]. The van der Waals surface area contributed by atoms with Crippen LogP contribution in [0.15, 0.2) is 0 Å². The summed E-state index contributed by atoms with van der Waals surface area (Å²) in [5.41, 5.74) is -1.12. The van der Waals surface area contributed by atoms with E-state index in [1.54, 1.807) is 41.5 Å². The van der Waals surface area contributed by atoms with Gasteiger partial charge in [-0.25, -0.2) is 0 Å². The summed E-state index contributed by atoms with van der Waals surface area (Å²) in [7, 11) is 0. The standard InChI is InChI=1S/C15H25NO5.2Y/c1-7-16-14(19)15(6,8-20-12(17)10(2)3)9-21-13(18)11(4)5;;/h7-9H2,1-6H3,(H,16,19);;/q-2;;. The van der Waals surface area contributed by atoms with Crippen LogP contribution in [0.3, 0.4) is 0 Å². The molecule has 2 radical (unpaired) electrons. The van der Waals surface area contributed by atoms with Crippen LogP contribution in [0.2, 0.25) is 0 Å². The number of amides is 1. The Balaban J connectivity index is -0.00000200. The third kappa shape index (κ3) is 10.8. The van der Waals surface area contributed by atoms with E-state index in [0.717, 1.165) is 0 Å². The Bertz CT molecular complexity index is 362. The molecule has 0 heterocycles. The molecule has 0 spiro atoms. The zero-order chi connectivity index (χ0) is 16.6. The summed E-state index contributed by atoms with van der Waals surface area (Å²) in [4.78, 5) is 35.1. The second kappa shape index (κ2) is 13.6. The summed E-state index contributed by atoms with van der Waals surface area (Å²) in [5, 5.41) is 2.66. The van der Waals surface area contributed by atoms with Crippen molar-refractivity contribution in [3.63, 3.8) is 0 Å². The molecule has 0 saturated heterocycles. The summed E-state index contributed by atoms with van der Waals surface area (Å²) in [6, 6.07) is 0. The van der Waals surface area contributed by atoms with Crippen molar-refractivity contribution in [3.8, 4) is 0 Å². The summed E-state index contributed by atoms with van der Waals surface area (Å²) < 4.78 is 10.2. The average Bonchev–Trinajstić information content (AvgIpc) is 2.41. The van der Waals surface area contributed by atoms with Gasteiger partial charge in [0.15, 0.2) is 11.9 Å². The van der Waals surface area contributed by atoms with Gasteiger partial charge in [-0.2, -0.15) is 27.7 Å². The minimum absolute atomic E-state index is 0. The van der Waals surface area contributed by atoms with Crippen LogP contribution in [0.4, 0.5) is 0 Å². The fraction of sp³-hybridized carbons (Fsp3) is 0.667. The van der Waals surface area contributed by atoms with E-state index >= 15 is 0 Å². The number of carbonyl (C=O) groups is 3. The Morgan fingerprint density at radius 1 is 0.913 bits per heavy atom. The number of hydrogen-bond donors (Lipinski definition) is 1. The van der Waals surface area contributed by atoms with Crippen LogP contribution in [-0.4, -0.2) is 37.6 Å². The van der Waals surface area contributed by atoms with Crippen LogP contribution in [0.5, 0.6) is 0 Å². The molecule has 0 aromatic carbocycles. The summed E-state index contributed by atoms with van der Waals surface area (Å²) in [6.07, 6.45) is 0. The van der Waals surface area contributed by atoms with Crippen molar-refractivity contribution in [2.24, 2.45) is 5.41 Å². The Hall–Kier alpha value is 0.358. The number of nitrogens with one attached hydrogen (secondary N) is 1. The third-order valence-corrected chi connectivity index (χ3v) is 2.75. The third-order valence-electron chi connectivity index (χ3n) is 2.75. The van der Waals surface area contributed by atoms with E-state index in [-0.39, 0.29) is 84.5 Å². The predicted octanol–water partition coefficient (Wildman–Crippen LogP) is 1.44. The van der Waals surface area contributed by atoms with Crippen molar-refractivity contribution in [1.82, 2.24) is 5.32 Å². The van der Waals surface area contributed by atoms with Crippen LogP contribution in [0.25, 0.3) is 0 Å². The van der Waals surface area contributed by atoms with Gasteiger partial charge in [0.1, 0.15) is 18.6 Å². The van der Waals surface area contributed by atoms with Gasteiger partial charge in [-0.05, 0) is 13.8 Å². The fourth-order valence-electron chi connectivity index (χ4n) is 1.29. The van der Waals surface area contributed by atoms with Gasteiger partial charge in [0, 0.05) is 72.0 Å². The van der Waals surface area contributed by atoms with E-state index in [9.17, 15) is 14.4 Å². The monoisotopic (exact) mass is 477 g/mol. The predicted molar refractivity (Wildman–Crippen MR) is 77.9 cm³/mol. The first-order valence-corrected chi connectivity index (χ1v) is 6.87. The number of hydrogen-bond acceptors (Lipinski definition) is 5. The van der Waals surface area contributed by atoms with Crippen molar-refractivity contribution >= 4 is 17.8 Å². The van der Waals surface area contributed by atoms with Gasteiger partial charge >= 0.3 is 0 Å². The van der Waals surface area contributed by atoms with E-state index < -0.39 is 17.4 Å². The largest absolute Gasteiger partial charge is 0.487 e. The normalized spacial score (nSPS) is 9.65. The summed E-state index contributed by atoms with van der Waals surface area (Å²) in [5.74, 6) is -0.302. The summed E-state index contributed by atoms with van der Waals surface area (Å²) >= 11 is 0. The van der Waals surface area contributed by atoms with E-state index in [0.29, 0.717) is 18.4 Å². The van der Waals surface area contributed by atoms with Gasteiger partial charge in [-0.15, -0.1) is 0 Å². The van der Waals surface area contributed by atoms with Gasteiger partial charge < -0.3 is 14.8 Å². The second-order valence-electron chi connectivity index (χ2n) is 5.57. The molecule has 0 rings (SSSR count). The van der Waals surface area contributed by atoms with E-state index in [1.165, 1.54) is 0 Å². The van der Waals surface area contributed by atoms with Crippen molar-refractivity contribution in [2.45, 2.75) is 41.5 Å². The molecule has 0 saturated carbocycles. The smallest absolute Gasteiger partial charge is 0.232 e. The number of carbonyl (C=O) groups excluding carboxylic acids is 3. The molecular weight excluding hydrogens is 452 g/mol. The first-order valence-electron chi connectivity index (χ1n) is 6.87. The summed E-state index contributed by atoms with van der Waals surface area (Å²) in [6.45, 7) is 10.0. The fourth-order valence-corrected chi connectivity index (χ4v) is 1.29. The molecule has 0 aromatic heterocycles. The van der Waals surface area contributed by atoms with Crippen molar-refractivity contribution in [1.29, 1.82) is 0 Å². The van der Waals surface area contributed by atoms with Crippen LogP contribution >= 0.6 is 0 Å². The maximum Gasteiger partial charge on any atom is 0.232 e. The molecule has 0 atom stereocenters. The molecule has 0 fully saturated rings. The van der Waals surface area contributed by atoms with Gasteiger partial charge in [0.05, 0.1) is 0 Å². The van der Waals surface area contributed by atoms with Gasteiger partial charge in [0.2, 0.25) is 5.91 Å². The van der Waals surface area contributed by atoms with E-state index in [1.807, 2.05) is 0 Å². The minimum atomic E-state index is -1.12. The number of esters is 2. The van der Waals surface area contributed by atoms with Crippen molar-refractivity contribution in [2.75, 3.05) is 19.8 Å². The molecule has 0 aliphatic heterocycles. The first kappa shape index (κ1) is 28.2. The molecule has 8 heteroatoms. The average molecular weight is 477 g/mol. The Kier molecular flexibility index (Phi) is 16.7. The maximum absolute atomic E-state index is 12.1. The maximum atomic E-state index is 12.1. The van der Waals surface area contributed by atoms with Crippen molar-refractivity contribution < 1.29 is 89.3 Å². The molecule has 0 bridgehead atoms. The van der Waals surface area contributed by atoms with Crippen LogP contribution in [0.1, 0.15) is 41.5 Å². The number of ether oxygens (including phenoxy) is 2. The molecule has 128 valence electrons. The van der Waals surface area contributed by atoms with Crippen molar-refractivity contribution in [3.05, 3.63) is 11.8 Å². The van der Waals surface area contributed by atoms with Crippen LogP contribution < -0.4 is 5.32 Å². The van der Waals surface area contributed by atoms with Gasteiger partial charge in [0.25, 0.3) is 0 Å². The molecule has 1 amide bonds. The topological polar surface area (TPSA) is 81.7 Å². The molecule has 0 aliphatic carbocycles. The second-order valence-corrected chi connectivity index (χ2v) is 5.57. The van der Waals surface area contributed by atoms with Crippen LogP contribution in [0, 0.1) is 17.3 Å². The van der Waals surface area contributed by atoms with E-state index in [4.69, 9.17) is 9.47 Å². The molecular formula is C15H25NO5Y2-2. The van der Waals surface area contributed by atoms with Crippen LogP contribution in [-0.2, 0) is 89.3 Å². The Morgan fingerprint density at radius 2 is 1.26 bits per heavy atom. The molecule has 23 heavy (non-hydrogen) atoms. The minimum Gasteiger partial charge on any atom is -0.487 e. The molecule has 0 aliphatic rings. The van der Waals surface area contributed by atoms with Gasteiger partial charge in [-0.1, -0.05) is 0 Å². The number of rotatable bonds is 8. The zero-order valence-corrected chi connectivity index (χ0v) is 20.5. The molecule has 6 nitrogen and oxygen atoms in total. The molecule has 0 aromatic rings. The first-order chi connectivity index (χ1) is 9.64. The quantitative estimate of drug-likeness (QED) is 0.423. The molecule has 0 unspecified atom stereocenters. The van der Waals surface area contributed by atoms with E-state index in [2.05, 4.69) is 5.32 Å². The Morgan fingerprint density at radius 3 is 1.52 bits per heavy atom. The molecule has 1 N–H and O–H groups in total. The zero-order valence-electron chi connectivity index (χ0n) is 14.8. The Labute approximate surface area is 189 Å². The van der Waals surface area contributed by atoms with Gasteiger partial charge in [-0.3, -0.25) is 26.2 Å².